The van der Waals surface area contributed by atoms with Crippen LogP contribution in [-0.2, 0) is 4.74 Å². The van der Waals surface area contributed by atoms with Gasteiger partial charge in [-0.2, -0.15) is 0 Å². The molecule has 1 unspecified atom stereocenters. The summed E-state index contributed by atoms with van der Waals surface area (Å²) < 4.78 is 11.2. The molecule has 1 aliphatic rings. The topological polar surface area (TPSA) is 33.7 Å². The molecule has 1 N–H and O–H groups in total. The molecule has 0 aromatic heterocycles. The fraction of sp³-hybridized carbons (Fsp3) is 0.625. The third kappa shape index (κ3) is 4.12. The predicted octanol–water partition coefficient (Wildman–Crippen LogP) is 2.21. The minimum absolute atomic E-state index is 0.106. The lowest BCUT2D eigenvalue weighted by molar-refractivity contribution is 0.0718. The number of benzene rings is 1. The first kappa shape index (κ1) is 15.1. The summed E-state index contributed by atoms with van der Waals surface area (Å²) in [6, 6.07) is 6.40. The zero-order valence-electron chi connectivity index (χ0n) is 12.8. The van der Waals surface area contributed by atoms with Crippen molar-refractivity contribution in [1.82, 2.24) is 5.32 Å². The minimum Gasteiger partial charge on any atom is -0.489 e. The lowest BCUT2D eigenvalue weighted by Gasteiger charge is -2.26. The molecule has 20 heavy (non-hydrogen) atoms. The first-order valence-corrected chi connectivity index (χ1v) is 7.42. The molecule has 1 aromatic rings. The molecule has 1 fully saturated rings. The van der Waals surface area contributed by atoms with Crippen molar-refractivity contribution in [3.63, 3.8) is 0 Å². The Morgan fingerprint density at radius 2 is 2.15 bits per heavy atom. The minimum atomic E-state index is 0.106. The van der Waals surface area contributed by atoms with E-state index >= 15 is 0 Å². The van der Waals surface area contributed by atoms with E-state index in [1.165, 1.54) is 17.7 Å². The van der Waals surface area contributed by atoms with Crippen molar-refractivity contribution in [3.05, 3.63) is 23.8 Å². The van der Waals surface area contributed by atoms with Gasteiger partial charge in [0.2, 0.25) is 0 Å². The highest BCUT2D eigenvalue weighted by atomic mass is 16.5. The van der Waals surface area contributed by atoms with E-state index < -0.39 is 0 Å². The molecule has 0 aliphatic carbocycles. The highest BCUT2D eigenvalue weighted by Gasteiger charge is 2.15. The summed E-state index contributed by atoms with van der Waals surface area (Å²) in [6.07, 6.45) is 1.27. The second kappa shape index (κ2) is 7.50. The van der Waals surface area contributed by atoms with Crippen LogP contribution >= 0.6 is 0 Å². The number of anilines is 1. The van der Waals surface area contributed by atoms with Crippen molar-refractivity contribution in [1.29, 1.82) is 0 Å². The Morgan fingerprint density at radius 1 is 1.30 bits per heavy atom. The van der Waals surface area contributed by atoms with Gasteiger partial charge in [-0.3, -0.25) is 0 Å². The van der Waals surface area contributed by atoms with Crippen LogP contribution < -0.4 is 15.0 Å². The van der Waals surface area contributed by atoms with Crippen LogP contribution in [-0.4, -0.2) is 46.0 Å². The van der Waals surface area contributed by atoms with Crippen molar-refractivity contribution >= 4 is 5.69 Å². The summed E-state index contributed by atoms with van der Waals surface area (Å²) in [6.45, 7) is 8.96. The third-order valence-corrected chi connectivity index (χ3v) is 3.67. The third-order valence-electron chi connectivity index (χ3n) is 3.67. The average Bonchev–Trinajstić information content (AvgIpc) is 2.74. The highest BCUT2D eigenvalue weighted by molar-refractivity contribution is 5.60. The maximum atomic E-state index is 5.95. The monoisotopic (exact) mass is 278 g/mol. The summed E-state index contributed by atoms with van der Waals surface area (Å²) in [5.41, 5.74) is 2.47. The summed E-state index contributed by atoms with van der Waals surface area (Å²) in [5, 5.41) is 3.44. The van der Waals surface area contributed by atoms with Gasteiger partial charge in [0.15, 0.2) is 0 Å². The van der Waals surface area contributed by atoms with Crippen LogP contribution in [0.15, 0.2) is 18.2 Å². The van der Waals surface area contributed by atoms with E-state index in [0.717, 1.165) is 31.9 Å². The molecule has 4 heteroatoms. The molecule has 1 heterocycles. The molecule has 0 saturated carbocycles. The van der Waals surface area contributed by atoms with Gasteiger partial charge in [-0.25, -0.2) is 0 Å². The normalized spacial score (nSPS) is 17.6. The zero-order valence-corrected chi connectivity index (χ0v) is 12.8. The second-order valence-electron chi connectivity index (χ2n) is 5.42. The van der Waals surface area contributed by atoms with Gasteiger partial charge >= 0.3 is 0 Å². The van der Waals surface area contributed by atoms with Crippen molar-refractivity contribution in [3.8, 4) is 5.75 Å². The van der Waals surface area contributed by atoms with Crippen molar-refractivity contribution in [2.45, 2.75) is 26.4 Å². The maximum Gasteiger partial charge on any atom is 0.142 e. The summed E-state index contributed by atoms with van der Waals surface area (Å²) >= 11 is 0. The smallest absolute Gasteiger partial charge is 0.142 e. The number of hydrogen-bond acceptors (Lipinski definition) is 4. The molecule has 2 rings (SSSR count). The van der Waals surface area contributed by atoms with E-state index in [1.807, 2.05) is 6.92 Å². The molecule has 0 amide bonds. The molecule has 1 aromatic carbocycles. The van der Waals surface area contributed by atoms with Gasteiger partial charge in [-0.15, -0.1) is 0 Å². The Morgan fingerprint density at radius 3 is 2.95 bits per heavy atom. The molecule has 0 spiro atoms. The Bertz CT molecular complexity index is 415. The molecule has 0 radical (unpaired) electrons. The number of hydrogen-bond donors (Lipinski definition) is 1. The maximum absolute atomic E-state index is 5.95. The summed E-state index contributed by atoms with van der Waals surface area (Å²) in [4.78, 5) is 2.42. The largest absolute Gasteiger partial charge is 0.489 e. The molecule has 1 saturated heterocycles. The summed E-state index contributed by atoms with van der Waals surface area (Å²) in [7, 11) is 1.71. The van der Waals surface area contributed by atoms with Crippen LogP contribution in [0.1, 0.15) is 18.9 Å². The average molecular weight is 278 g/mol. The van der Waals surface area contributed by atoms with E-state index in [2.05, 4.69) is 35.3 Å². The van der Waals surface area contributed by atoms with Gasteiger partial charge in [-0.05, 0) is 44.5 Å². The van der Waals surface area contributed by atoms with E-state index in [9.17, 15) is 0 Å². The molecule has 0 bridgehead atoms. The quantitative estimate of drug-likeness (QED) is 0.895. The van der Waals surface area contributed by atoms with E-state index in [4.69, 9.17) is 9.47 Å². The van der Waals surface area contributed by atoms with Gasteiger partial charge in [0.1, 0.15) is 12.4 Å². The lowest BCUT2D eigenvalue weighted by atomic mass is 10.2. The van der Waals surface area contributed by atoms with Gasteiger partial charge in [-0.1, -0.05) is 6.07 Å². The molecule has 4 nitrogen and oxygen atoms in total. The molecule has 1 atom stereocenters. The summed E-state index contributed by atoms with van der Waals surface area (Å²) in [5.74, 6) is 0.960. The standard InChI is InChI=1S/C16H26N2O2/c1-13-5-6-16(20-12-14(2)19-3)15(11-13)18-9-4-7-17-8-10-18/h5-6,11,14,17H,4,7-10,12H2,1-3H3. The Labute approximate surface area is 122 Å². The van der Waals surface area contributed by atoms with Crippen LogP contribution in [0.5, 0.6) is 5.75 Å². The van der Waals surface area contributed by atoms with E-state index in [1.54, 1.807) is 7.11 Å². The number of rotatable bonds is 5. The number of nitrogens with one attached hydrogen (secondary N) is 1. The molecular weight excluding hydrogens is 252 g/mol. The Kier molecular flexibility index (Phi) is 5.68. The Hall–Kier alpha value is -1.26. The second-order valence-corrected chi connectivity index (χ2v) is 5.42. The van der Waals surface area contributed by atoms with Crippen LogP contribution in [0.25, 0.3) is 0 Å². The predicted molar refractivity (Wildman–Crippen MR) is 82.8 cm³/mol. The molecular formula is C16H26N2O2. The SMILES string of the molecule is COC(C)COc1ccc(C)cc1N1CCCNCC1. The fourth-order valence-electron chi connectivity index (χ4n) is 2.36. The molecule has 1 aliphatic heterocycles. The molecule has 112 valence electrons. The van der Waals surface area contributed by atoms with Crippen LogP contribution in [0.4, 0.5) is 5.69 Å². The van der Waals surface area contributed by atoms with Crippen LogP contribution in [0.2, 0.25) is 0 Å². The van der Waals surface area contributed by atoms with Gasteiger partial charge in [0.05, 0.1) is 11.8 Å². The van der Waals surface area contributed by atoms with Crippen LogP contribution in [0, 0.1) is 6.92 Å². The van der Waals surface area contributed by atoms with E-state index in [-0.39, 0.29) is 6.10 Å². The van der Waals surface area contributed by atoms with Crippen molar-refractivity contribution in [2.75, 3.05) is 44.8 Å². The number of ether oxygens (including phenoxy) is 2. The van der Waals surface area contributed by atoms with Crippen molar-refractivity contribution < 1.29 is 9.47 Å². The number of methoxy groups -OCH3 is 1. The zero-order chi connectivity index (χ0) is 14.4. The lowest BCUT2D eigenvalue weighted by Crippen LogP contribution is -2.28. The van der Waals surface area contributed by atoms with Crippen molar-refractivity contribution in [2.24, 2.45) is 0 Å². The number of aryl methyl sites for hydroxylation is 1. The van der Waals surface area contributed by atoms with E-state index in [0.29, 0.717) is 6.61 Å². The Balaban J connectivity index is 2.13. The van der Waals surface area contributed by atoms with Gasteiger partial charge < -0.3 is 19.7 Å². The van der Waals surface area contributed by atoms with Gasteiger partial charge in [0, 0.05) is 26.7 Å². The van der Waals surface area contributed by atoms with Crippen LogP contribution in [0.3, 0.4) is 0 Å². The fourth-order valence-corrected chi connectivity index (χ4v) is 2.36. The number of nitrogens with zero attached hydrogens (tertiary/aromatic N) is 1. The first-order chi connectivity index (χ1) is 9.70. The first-order valence-electron chi connectivity index (χ1n) is 7.42. The highest BCUT2D eigenvalue weighted by Crippen LogP contribution is 2.30. The van der Waals surface area contributed by atoms with Gasteiger partial charge in [0.25, 0.3) is 0 Å².